The van der Waals surface area contributed by atoms with Crippen molar-refractivity contribution >= 4 is 27.8 Å². The summed E-state index contributed by atoms with van der Waals surface area (Å²) >= 11 is 0. The van der Waals surface area contributed by atoms with E-state index in [4.69, 9.17) is 0 Å². The number of benzene rings is 7. The Morgan fingerprint density at radius 2 is 0.970 bits per heavy atom. The minimum Gasteiger partial charge on any atom is -0.310 e. The van der Waals surface area contributed by atoms with E-state index in [0.29, 0.717) is 5.41 Å². The molecule has 0 saturated heterocycles. The Labute approximate surface area is 402 Å². The third kappa shape index (κ3) is 6.11. The maximum Gasteiger partial charge on any atom is 0.0540 e. The van der Waals surface area contributed by atoms with Crippen molar-refractivity contribution in [1.29, 1.82) is 0 Å². The molecule has 67 heavy (non-hydrogen) atoms. The average molecular weight is 878 g/mol. The topological polar surface area (TPSA) is 3.24 Å². The molecule has 2 bridgehead atoms. The second-order valence-electron chi connectivity index (χ2n) is 26.0. The average Bonchev–Trinajstić information content (AvgIpc) is 3.91. The van der Waals surface area contributed by atoms with Gasteiger partial charge >= 0.3 is 0 Å². The van der Waals surface area contributed by atoms with Crippen LogP contribution in [0.4, 0.5) is 17.1 Å². The van der Waals surface area contributed by atoms with Gasteiger partial charge in [0.05, 0.1) is 5.69 Å². The van der Waals surface area contributed by atoms with Crippen LogP contribution in [0.25, 0.3) is 44.2 Å². The van der Waals surface area contributed by atoms with Gasteiger partial charge in [-0.1, -0.05) is 192 Å². The zero-order valence-electron chi connectivity index (χ0n) is 42.4. The van der Waals surface area contributed by atoms with Gasteiger partial charge in [0.15, 0.2) is 0 Å². The van der Waals surface area contributed by atoms with Gasteiger partial charge in [0.2, 0.25) is 0 Å². The van der Waals surface area contributed by atoms with Crippen LogP contribution in [-0.2, 0) is 27.1 Å². The first-order chi connectivity index (χ1) is 31.7. The summed E-state index contributed by atoms with van der Waals surface area (Å²) in [6.45, 7) is 28.3. The van der Waals surface area contributed by atoms with Gasteiger partial charge in [0.1, 0.15) is 0 Å². The fourth-order valence-electron chi connectivity index (χ4n) is 14.8. The molecule has 6 atom stereocenters. The number of hydrogen-bond acceptors (Lipinski definition) is 1. The molecule has 0 radical (unpaired) electrons. The van der Waals surface area contributed by atoms with Gasteiger partial charge in [-0.05, 0) is 179 Å². The van der Waals surface area contributed by atoms with Crippen molar-refractivity contribution in [2.24, 2.45) is 29.1 Å². The Morgan fingerprint density at radius 1 is 0.433 bits per heavy atom. The number of nitrogens with zero attached hydrogens (tertiary/aromatic N) is 1. The summed E-state index contributed by atoms with van der Waals surface area (Å²) in [5, 5.41) is 2.57. The van der Waals surface area contributed by atoms with Crippen molar-refractivity contribution in [2.75, 3.05) is 4.90 Å². The van der Waals surface area contributed by atoms with Gasteiger partial charge in [-0.3, -0.25) is 0 Å². The highest BCUT2D eigenvalue weighted by molar-refractivity contribution is 6.09. The third-order valence-electron chi connectivity index (χ3n) is 18.1. The zero-order valence-corrected chi connectivity index (χ0v) is 42.4. The molecule has 340 valence electrons. The maximum absolute atomic E-state index is 2.69. The van der Waals surface area contributed by atoms with Gasteiger partial charge < -0.3 is 4.90 Å². The van der Waals surface area contributed by atoms with Crippen molar-refractivity contribution in [1.82, 2.24) is 0 Å². The highest BCUT2D eigenvalue weighted by Crippen LogP contribution is 2.89. The van der Waals surface area contributed by atoms with Gasteiger partial charge in [0.25, 0.3) is 0 Å². The number of anilines is 3. The molecule has 0 amide bonds. The van der Waals surface area contributed by atoms with Gasteiger partial charge in [-0.25, -0.2) is 0 Å². The van der Waals surface area contributed by atoms with Gasteiger partial charge in [-0.2, -0.15) is 0 Å². The van der Waals surface area contributed by atoms with E-state index in [1.165, 1.54) is 109 Å². The van der Waals surface area contributed by atoms with Crippen LogP contribution in [0.1, 0.15) is 142 Å². The molecule has 5 aliphatic rings. The SMILES string of the molecule is CC(C)(C)c1cc(-c2cccc3cccc(-c4ccccc4N(c4cc(C(C)(C)C)cc(C(C)(C)C)c4)c4ccc5c(c4)C4(c6ccccc6-5)C5CC6CC7CC4C75C6)c23)cc(C(C)(C)C)c1. The lowest BCUT2D eigenvalue weighted by molar-refractivity contribution is -0.231. The summed E-state index contributed by atoms with van der Waals surface area (Å²) in [6, 6.07) is 55.4. The molecule has 2 spiro atoms. The number of fused-ring (bicyclic) bond motifs is 9. The van der Waals surface area contributed by atoms with E-state index < -0.39 is 0 Å². The summed E-state index contributed by atoms with van der Waals surface area (Å²) < 4.78 is 0. The number of rotatable bonds is 5. The Balaban J connectivity index is 1.11. The van der Waals surface area contributed by atoms with Crippen molar-refractivity contribution in [3.8, 4) is 33.4 Å². The zero-order chi connectivity index (χ0) is 46.8. The summed E-state index contributed by atoms with van der Waals surface area (Å²) in [6.07, 6.45) is 5.77. The molecule has 0 aromatic heterocycles. The molecule has 12 rings (SSSR count). The van der Waals surface area contributed by atoms with E-state index in [-0.39, 0.29) is 27.1 Å². The summed E-state index contributed by atoms with van der Waals surface area (Å²) in [5.41, 5.74) is 21.1. The van der Waals surface area contributed by atoms with E-state index in [1.54, 1.807) is 11.1 Å². The maximum atomic E-state index is 2.69. The molecule has 4 saturated carbocycles. The molecule has 6 unspecified atom stereocenters. The molecular weight excluding hydrogens is 807 g/mol. The normalized spacial score (nSPS) is 24.6. The van der Waals surface area contributed by atoms with Gasteiger partial charge in [-0.15, -0.1) is 0 Å². The molecule has 0 heterocycles. The Bertz CT molecular complexity index is 3100. The third-order valence-corrected chi connectivity index (χ3v) is 18.1. The highest BCUT2D eigenvalue weighted by Gasteiger charge is 2.84. The quantitative estimate of drug-likeness (QED) is 0.167. The summed E-state index contributed by atoms with van der Waals surface area (Å²) in [4.78, 5) is 2.66. The Morgan fingerprint density at radius 3 is 1.60 bits per heavy atom. The van der Waals surface area contributed by atoms with Crippen molar-refractivity contribution < 1.29 is 0 Å². The van der Waals surface area contributed by atoms with Crippen LogP contribution in [-0.4, -0.2) is 0 Å². The minimum absolute atomic E-state index is 0.0115. The lowest BCUT2D eigenvalue weighted by atomic mass is 9.27. The van der Waals surface area contributed by atoms with Crippen LogP contribution < -0.4 is 4.90 Å². The lowest BCUT2D eigenvalue weighted by Gasteiger charge is -2.76. The molecular formula is C66H71N. The van der Waals surface area contributed by atoms with Gasteiger partial charge in [0, 0.05) is 22.4 Å². The largest absolute Gasteiger partial charge is 0.310 e. The Hall–Kier alpha value is -5.40. The Kier molecular flexibility index (Phi) is 9.03. The van der Waals surface area contributed by atoms with Crippen molar-refractivity contribution in [3.05, 3.63) is 173 Å². The second-order valence-corrected chi connectivity index (χ2v) is 26.0. The van der Waals surface area contributed by atoms with Crippen LogP contribution in [0, 0.1) is 29.1 Å². The number of hydrogen-bond donors (Lipinski definition) is 0. The predicted octanol–water partition coefficient (Wildman–Crippen LogP) is 18.2. The van der Waals surface area contributed by atoms with E-state index in [1.807, 2.05) is 0 Å². The van der Waals surface area contributed by atoms with E-state index in [0.717, 1.165) is 23.7 Å². The van der Waals surface area contributed by atoms with E-state index in [9.17, 15) is 0 Å². The van der Waals surface area contributed by atoms with Crippen molar-refractivity contribution in [3.63, 3.8) is 0 Å². The smallest absolute Gasteiger partial charge is 0.0540 e. The highest BCUT2D eigenvalue weighted by atomic mass is 15.1. The van der Waals surface area contributed by atoms with Crippen LogP contribution in [0.15, 0.2) is 140 Å². The first kappa shape index (κ1) is 42.9. The molecule has 0 aliphatic heterocycles. The van der Waals surface area contributed by atoms with Crippen LogP contribution in [0.5, 0.6) is 0 Å². The van der Waals surface area contributed by atoms with Crippen molar-refractivity contribution in [2.45, 2.75) is 136 Å². The summed E-state index contributed by atoms with van der Waals surface area (Å²) in [7, 11) is 0. The van der Waals surface area contributed by atoms with E-state index >= 15 is 0 Å². The molecule has 7 aromatic rings. The van der Waals surface area contributed by atoms with Crippen LogP contribution >= 0.6 is 0 Å². The lowest BCUT2D eigenvalue weighted by Crippen LogP contribution is -2.73. The molecule has 1 nitrogen and oxygen atoms in total. The molecule has 0 N–H and O–H groups in total. The molecule has 5 aliphatic carbocycles. The van der Waals surface area contributed by atoms with Crippen LogP contribution in [0.2, 0.25) is 0 Å². The summed E-state index contributed by atoms with van der Waals surface area (Å²) in [5.74, 6) is 3.37. The predicted molar refractivity (Wildman–Crippen MR) is 285 cm³/mol. The standard InChI is InChI=1S/C66H71N/c1-61(2,3)43-31-42(32-44(33-43)62(4,5)6)50-23-17-19-41-20-18-24-54(60(41)50)53-22-14-16-26-57(53)67(49-35-45(63(7,8)9)34-46(36-49)64(10,11)12)48-27-28-52-51-21-13-15-25-55(51)66(56(52)38-48)58-30-40-29-47-37-59(66)65(47,58)39-40/h13-28,31-36,38,40,47,58-59H,29-30,37,39H2,1-12H3. The minimum atomic E-state index is -0.0360. The number of para-hydroxylation sites is 1. The first-order valence-electron chi connectivity index (χ1n) is 25.7. The van der Waals surface area contributed by atoms with E-state index in [2.05, 4.69) is 228 Å². The molecule has 4 fully saturated rings. The fraction of sp³-hybridized carbons (Fsp3) is 0.394. The monoisotopic (exact) mass is 878 g/mol. The molecule has 1 heteroatoms. The second kappa shape index (κ2) is 14.1. The molecule has 7 aromatic carbocycles. The fourth-order valence-corrected chi connectivity index (χ4v) is 14.8. The van der Waals surface area contributed by atoms with Crippen LogP contribution in [0.3, 0.4) is 0 Å². The first-order valence-corrected chi connectivity index (χ1v) is 25.7.